The lowest BCUT2D eigenvalue weighted by Gasteiger charge is -2.38. The topological polar surface area (TPSA) is 35.8 Å². The Bertz CT molecular complexity index is 167. The van der Waals surface area contributed by atoms with E-state index in [9.17, 15) is 0 Å². The summed E-state index contributed by atoms with van der Waals surface area (Å²) in [5.41, 5.74) is -0.257. The van der Waals surface area contributed by atoms with Gasteiger partial charge < -0.3 is 0 Å². The van der Waals surface area contributed by atoms with Crippen LogP contribution < -0.4 is 5.32 Å². The van der Waals surface area contributed by atoms with Gasteiger partial charge in [-0.1, -0.05) is 13.3 Å². The van der Waals surface area contributed by atoms with E-state index in [0.29, 0.717) is 5.92 Å². The molecule has 0 heterocycles. The fourth-order valence-corrected chi connectivity index (χ4v) is 1.63. The first kappa shape index (κ1) is 8.55. The molecular weight excluding hydrogens is 136 g/mol. The number of rotatable bonds is 3. The third kappa shape index (κ3) is 1.54. The fraction of sp³-hybridized carbons (Fsp3) is 0.889. The summed E-state index contributed by atoms with van der Waals surface area (Å²) in [6.07, 6.45) is 3.74. The van der Waals surface area contributed by atoms with E-state index >= 15 is 0 Å². The van der Waals surface area contributed by atoms with Gasteiger partial charge in [0.15, 0.2) is 0 Å². The van der Waals surface area contributed by atoms with E-state index < -0.39 is 0 Å². The van der Waals surface area contributed by atoms with Crippen molar-refractivity contribution in [2.75, 3.05) is 6.54 Å². The Labute approximate surface area is 68.6 Å². The van der Waals surface area contributed by atoms with Gasteiger partial charge >= 0.3 is 0 Å². The Morgan fingerprint density at radius 1 is 1.64 bits per heavy atom. The van der Waals surface area contributed by atoms with Gasteiger partial charge in [0, 0.05) is 0 Å². The lowest BCUT2D eigenvalue weighted by atomic mass is 9.72. The zero-order chi connectivity index (χ0) is 8.32. The van der Waals surface area contributed by atoms with Crippen LogP contribution in [-0.2, 0) is 0 Å². The second-order valence-electron chi connectivity index (χ2n) is 3.47. The summed E-state index contributed by atoms with van der Waals surface area (Å²) in [5, 5.41) is 12.2. The van der Waals surface area contributed by atoms with Gasteiger partial charge in [0.2, 0.25) is 0 Å². The van der Waals surface area contributed by atoms with Gasteiger partial charge in [0.25, 0.3) is 0 Å². The molecule has 0 radical (unpaired) electrons. The highest BCUT2D eigenvalue weighted by atomic mass is 15.0. The van der Waals surface area contributed by atoms with E-state index in [1.54, 1.807) is 0 Å². The second-order valence-corrected chi connectivity index (χ2v) is 3.47. The molecule has 2 nitrogen and oxygen atoms in total. The summed E-state index contributed by atoms with van der Waals surface area (Å²) in [4.78, 5) is 0. The molecule has 0 amide bonds. The van der Waals surface area contributed by atoms with E-state index in [0.717, 1.165) is 6.54 Å². The van der Waals surface area contributed by atoms with E-state index in [1.165, 1.54) is 19.3 Å². The highest BCUT2D eigenvalue weighted by Gasteiger charge is 2.37. The largest absolute Gasteiger partial charge is 0.300 e. The summed E-state index contributed by atoms with van der Waals surface area (Å²) in [5.74, 6) is 0.590. The van der Waals surface area contributed by atoms with Gasteiger partial charge in [0.1, 0.15) is 5.54 Å². The Morgan fingerprint density at radius 3 is 2.55 bits per heavy atom. The molecule has 0 aromatic heterocycles. The standard InChI is InChI=1S/C9H16N2/c1-3-11-9(2,7-10)8-5-4-6-8/h8,11H,3-6H2,1-2H3. The molecular formula is C9H16N2. The number of nitrogens with zero attached hydrogens (tertiary/aromatic N) is 1. The number of nitriles is 1. The Hall–Kier alpha value is -0.550. The number of hydrogen-bond acceptors (Lipinski definition) is 2. The predicted molar refractivity (Wildman–Crippen MR) is 45.0 cm³/mol. The molecule has 0 aliphatic heterocycles. The number of nitrogens with one attached hydrogen (secondary N) is 1. The molecule has 1 aliphatic carbocycles. The molecule has 1 aliphatic rings. The van der Waals surface area contributed by atoms with Crippen molar-refractivity contribution in [1.29, 1.82) is 5.26 Å². The zero-order valence-corrected chi connectivity index (χ0v) is 7.35. The normalized spacial score (nSPS) is 23.4. The molecule has 1 N–H and O–H groups in total. The Morgan fingerprint density at radius 2 is 2.27 bits per heavy atom. The van der Waals surface area contributed by atoms with Crippen molar-refractivity contribution in [3.05, 3.63) is 0 Å². The molecule has 1 fully saturated rings. The average Bonchev–Trinajstić information content (AvgIpc) is 1.84. The molecule has 0 bridgehead atoms. The first-order valence-corrected chi connectivity index (χ1v) is 4.39. The van der Waals surface area contributed by atoms with Crippen LogP contribution in [0.3, 0.4) is 0 Å². The van der Waals surface area contributed by atoms with Crippen molar-refractivity contribution in [3.63, 3.8) is 0 Å². The van der Waals surface area contributed by atoms with E-state index in [-0.39, 0.29) is 5.54 Å². The van der Waals surface area contributed by atoms with Crippen LogP contribution in [0.25, 0.3) is 0 Å². The maximum Gasteiger partial charge on any atom is 0.106 e. The molecule has 0 aromatic carbocycles. The van der Waals surface area contributed by atoms with Gasteiger partial charge in [0.05, 0.1) is 6.07 Å². The first-order chi connectivity index (χ1) is 5.23. The molecule has 1 saturated carbocycles. The van der Waals surface area contributed by atoms with Crippen LogP contribution in [0, 0.1) is 17.2 Å². The van der Waals surface area contributed by atoms with E-state index in [4.69, 9.17) is 5.26 Å². The number of hydrogen-bond donors (Lipinski definition) is 1. The molecule has 1 atom stereocenters. The summed E-state index contributed by atoms with van der Waals surface area (Å²) >= 11 is 0. The highest BCUT2D eigenvalue weighted by molar-refractivity contribution is 5.09. The predicted octanol–water partition coefficient (Wildman–Crippen LogP) is 1.68. The van der Waals surface area contributed by atoms with Crippen molar-refractivity contribution in [2.45, 2.75) is 38.6 Å². The van der Waals surface area contributed by atoms with Crippen molar-refractivity contribution >= 4 is 0 Å². The van der Waals surface area contributed by atoms with E-state index in [2.05, 4.69) is 11.4 Å². The maximum atomic E-state index is 8.94. The molecule has 1 rings (SSSR count). The van der Waals surface area contributed by atoms with Crippen molar-refractivity contribution in [1.82, 2.24) is 5.32 Å². The SMILES string of the molecule is CCNC(C)(C#N)C1CCC1. The van der Waals surface area contributed by atoms with Crippen LogP contribution in [-0.4, -0.2) is 12.1 Å². The van der Waals surface area contributed by atoms with Gasteiger partial charge in [-0.25, -0.2) is 0 Å². The van der Waals surface area contributed by atoms with Gasteiger partial charge in [-0.15, -0.1) is 0 Å². The van der Waals surface area contributed by atoms with Gasteiger partial charge in [-0.3, -0.25) is 5.32 Å². The minimum atomic E-state index is -0.257. The molecule has 0 aromatic rings. The first-order valence-electron chi connectivity index (χ1n) is 4.39. The molecule has 0 saturated heterocycles. The minimum absolute atomic E-state index is 0.257. The van der Waals surface area contributed by atoms with Gasteiger partial charge in [-0.05, 0) is 32.2 Å². The third-order valence-corrected chi connectivity index (χ3v) is 2.70. The van der Waals surface area contributed by atoms with Crippen molar-refractivity contribution in [2.24, 2.45) is 5.92 Å². The third-order valence-electron chi connectivity index (χ3n) is 2.70. The van der Waals surface area contributed by atoms with Crippen molar-refractivity contribution < 1.29 is 0 Å². The van der Waals surface area contributed by atoms with E-state index in [1.807, 2.05) is 13.8 Å². The second kappa shape index (κ2) is 3.23. The summed E-state index contributed by atoms with van der Waals surface area (Å²) in [6.45, 7) is 4.95. The summed E-state index contributed by atoms with van der Waals surface area (Å²) in [6, 6.07) is 2.37. The highest BCUT2D eigenvalue weighted by Crippen LogP contribution is 2.35. The zero-order valence-electron chi connectivity index (χ0n) is 7.35. The average molecular weight is 152 g/mol. The fourth-order valence-electron chi connectivity index (χ4n) is 1.63. The van der Waals surface area contributed by atoms with Crippen LogP contribution in [0.5, 0.6) is 0 Å². The molecule has 1 unspecified atom stereocenters. The molecule has 2 heteroatoms. The Balaban J connectivity index is 2.52. The van der Waals surface area contributed by atoms with Gasteiger partial charge in [-0.2, -0.15) is 5.26 Å². The maximum absolute atomic E-state index is 8.94. The summed E-state index contributed by atoms with van der Waals surface area (Å²) < 4.78 is 0. The summed E-state index contributed by atoms with van der Waals surface area (Å²) in [7, 11) is 0. The lowest BCUT2D eigenvalue weighted by molar-refractivity contribution is 0.192. The molecule has 0 spiro atoms. The van der Waals surface area contributed by atoms with Crippen LogP contribution in [0.2, 0.25) is 0 Å². The van der Waals surface area contributed by atoms with Crippen molar-refractivity contribution in [3.8, 4) is 6.07 Å². The smallest absolute Gasteiger partial charge is 0.106 e. The lowest BCUT2D eigenvalue weighted by Crippen LogP contribution is -2.49. The monoisotopic (exact) mass is 152 g/mol. The Kier molecular flexibility index (Phi) is 2.51. The minimum Gasteiger partial charge on any atom is -0.300 e. The van der Waals surface area contributed by atoms with Crippen LogP contribution in [0.4, 0.5) is 0 Å². The molecule has 11 heavy (non-hydrogen) atoms. The molecule has 62 valence electrons. The quantitative estimate of drug-likeness (QED) is 0.667. The van der Waals surface area contributed by atoms with Crippen LogP contribution in [0.15, 0.2) is 0 Å². The van der Waals surface area contributed by atoms with Crippen LogP contribution >= 0.6 is 0 Å². The van der Waals surface area contributed by atoms with Crippen LogP contribution in [0.1, 0.15) is 33.1 Å².